The average Bonchev–Trinajstić information content (AvgIpc) is 2.28. The van der Waals surface area contributed by atoms with E-state index >= 15 is 0 Å². The van der Waals surface area contributed by atoms with E-state index in [9.17, 15) is 0 Å². The number of rotatable bonds is 7. The molecule has 0 amide bonds. The lowest BCUT2D eigenvalue weighted by Gasteiger charge is -2.14. The fraction of sp³-hybridized carbons (Fsp3) is 0.538. The molecule has 0 fully saturated rings. The molecule has 16 heavy (non-hydrogen) atoms. The Morgan fingerprint density at radius 2 is 1.81 bits per heavy atom. The smallest absolute Gasteiger partial charge is 0.119 e. The molecule has 0 aliphatic carbocycles. The van der Waals surface area contributed by atoms with Crippen molar-refractivity contribution in [1.29, 1.82) is 0 Å². The van der Waals surface area contributed by atoms with E-state index in [0.717, 1.165) is 29.7 Å². The summed E-state index contributed by atoms with van der Waals surface area (Å²) in [6.07, 6.45) is 2.51. The zero-order valence-corrected chi connectivity index (χ0v) is 11.5. The molecule has 2 nitrogen and oxygen atoms in total. The van der Waals surface area contributed by atoms with Gasteiger partial charge in [0.2, 0.25) is 0 Å². The van der Waals surface area contributed by atoms with Crippen molar-refractivity contribution in [2.75, 3.05) is 11.9 Å². The summed E-state index contributed by atoms with van der Waals surface area (Å²) in [5.74, 6) is 1.79. The number of hydrogen-bond acceptors (Lipinski definition) is 2. The van der Waals surface area contributed by atoms with Gasteiger partial charge in [-0.3, -0.25) is 0 Å². The second kappa shape index (κ2) is 7.55. The minimum Gasteiger partial charge on any atom is -0.493 e. The number of hydrogen-bond donors (Lipinski definition) is 0. The van der Waals surface area contributed by atoms with Crippen molar-refractivity contribution in [1.82, 2.24) is 0 Å². The van der Waals surface area contributed by atoms with E-state index in [1.807, 2.05) is 24.3 Å². The highest BCUT2D eigenvalue weighted by Crippen LogP contribution is 2.19. The zero-order chi connectivity index (χ0) is 11.8. The molecule has 1 atom stereocenters. The predicted molar refractivity (Wildman–Crippen MR) is 70.7 cm³/mol. The molecule has 0 saturated heterocycles. The summed E-state index contributed by atoms with van der Waals surface area (Å²) in [6.45, 7) is 4.95. The summed E-state index contributed by atoms with van der Waals surface area (Å²) in [6, 6.07) is 7.79. The highest BCUT2D eigenvalue weighted by Gasteiger charge is 2.02. The Hall–Kier alpha value is -0.700. The highest BCUT2D eigenvalue weighted by molar-refractivity contribution is 9.09. The van der Waals surface area contributed by atoms with Crippen molar-refractivity contribution < 1.29 is 9.47 Å². The normalized spacial score (nSPS) is 12.2. The SMILES string of the molecule is CCCC(C)Oc1ccc(OCCBr)cc1. The second-order valence-corrected chi connectivity index (χ2v) is 4.52. The van der Waals surface area contributed by atoms with Crippen molar-refractivity contribution in [2.24, 2.45) is 0 Å². The van der Waals surface area contributed by atoms with Gasteiger partial charge in [0.1, 0.15) is 11.5 Å². The first-order valence-electron chi connectivity index (χ1n) is 5.71. The van der Waals surface area contributed by atoms with Crippen LogP contribution >= 0.6 is 15.9 Å². The van der Waals surface area contributed by atoms with Crippen LogP contribution in [0.15, 0.2) is 24.3 Å². The summed E-state index contributed by atoms with van der Waals surface area (Å²) in [4.78, 5) is 0. The van der Waals surface area contributed by atoms with Crippen LogP contribution in [-0.4, -0.2) is 18.0 Å². The third kappa shape index (κ3) is 4.88. The minimum atomic E-state index is 0.277. The van der Waals surface area contributed by atoms with E-state index in [4.69, 9.17) is 9.47 Å². The molecule has 0 heterocycles. The molecule has 0 aliphatic heterocycles. The lowest BCUT2D eigenvalue weighted by atomic mass is 10.2. The van der Waals surface area contributed by atoms with E-state index in [1.165, 1.54) is 0 Å². The molecule has 0 aromatic heterocycles. The molecule has 0 radical (unpaired) electrons. The third-order valence-corrected chi connectivity index (χ3v) is 2.53. The van der Waals surface area contributed by atoms with Gasteiger partial charge in [0.05, 0.1) is 12.7 Å². The number of benzene rings is 1. The minimum absolute atomic E-state index is 0.277. The van der Waals surface area contributed by atoms with Crippen LogP contribution in [0.1, 0.15) is 26.7 Å². The highest BCUT2D eigenvalue weighted by atomic mass is 79.9. The van der Waals surface area contributed by atoms with Crippen molar-refractivity contribution in [3.63, 3.8) is 0 Å². The molecule has 3 heteroatoms. The van der Waals surface area contributed by atoms with Crippen LogP contribution in [0.3, 0.4) is 0 Å². The molecule has 0 bridgehead atoms. The van der Waals surface area contributed by atoms with Gasteiger partial charge in [0.15, 0.2) is 0 Å². The Balaban J connectivity index is 2.44. The quantitative estimate of drug-likeness (QED) is 0.705. The van der Waals surface area contributed by atoms with Crippen LogP contribution in [-0.2, 0) is 0 Å². The Labute approximate surface area is 106 Å². The monoisotopic (exact) mass is 286 g/mol. The third-order valence-electron chi connectivity index (χ3n) is 2.20. The summed E-state index contributed by atoms with van der Waals surface area (Å²) < 4.78 is 11.2. The van der Waals surface area contributed by atoms with E-state index < -0.39 is 0 Å². The maximum absolute atomic E-state index is 5.75. The van der Waals surface area contributed by atoms with Gasteiger partial charge in [-0.1, -0.05) is 29.3 Å². The Bertz CT molecular complexity index is 284. The molecular formula is C13H19BrO2. The first kappa shape index (κ1) is 13.4. The van der Waals surface area contributed by atoms with Crippen molar-refractivity contribution in [2.45, 2.75) is 32.8 Å². The van der Waals surface area contributed by atoms with E-state index in [-0.39, 0.29) is 6.10 Å². The molecule has 0 spiro atoms. The van der Waals surface area contributed by atoms with Gasteiger partial charge < -0.3 is 9.47 Å². The van der Waals surface area contributed by atoms with Crippen LogP contribution in [0.5, 0.6) is 11.5 Å². The molecule has 1 aromatic rings. The largest absolute Gasteiger partial charge is 0.493 e. The molecule has 90 valence electrons. The Morgan fingerprint density at radius 3 is 2.38 bits per heavy atom. The molecule has 1 rings (SSSR count). The number of ether oxygens (including phenoxy) is 2. The van der Waals surface area contributed by atoms with Gasteiger partial charge in [-0.05, 0) is 37.6 Å². The van der Waals surface area contributed by atoms with Crippen LogP contribution in [0.4, 0.5) is 0 Å². The maximum Gasteiger partial charge on any atom is 0.119 e. The van der Waals surface area contributed by atoms with Gasteiger partial charge in [-0.2, -0.15) is 0 Å². The summed E-state index contributed by atoms with van der Waals surface area (Å²) in [5.41, 5.74) is 0. The zero-order valence-electron chi connectivity index (χ0n) is 9.91. The summed E-state index contributed by atoms with van der Waals surface area (Å²) in [7, 11) is 0. The first-order valence-corrected chi connectivity index (χ1v) is 6.84. The summed E-state index contributed by atoms with van der Waals surface area (Å²) in [5, 5.41) is 0.846. The van der Waals surface area contributed by atoms with Crippen LogP contribution < -0.4 is 9.47 Å². The van der Waals surface area contributed by atoms with Gasteiger partial charge in [0, 0.05) is 5.33 Å². The number of alkyl halides is 1. The molecule has 0 N–H and O–H groups in total. The maximum atomic E-state index is 5.75. The van der Waals surface area contributed by atoms with E-state index in [1.54, 1.807) is 0 Å². The van der Waals surface area contributed by atoms with Gasteiger partial charge in [0.25, 0.3) is 0 Å². The van der Waals surface area contributed by atoms with Crippen molar-refractivity contribution >= 4 is 15.9 Å². The van der Waals surface area contributed by atoms with Gasteiger partial charge in [-0.15, -0.1) is 0 Å². The Morgan fingerprint density at radius 1 is 1.19 bits per heavy atom. The van der Waals surface area contributed by atoms with Crippen molar-refractivity contribution in [3.8, 4) is 11.5 Å². The van der Waals surface area contributed by atoms with Gasteiger partial charge >= 0.3 is 0 Å². The van der Waals surface area contributed by atoms with Crippen LogP contribution in [0, 0.1) is 0 Å². The van der Waals surface area contributed by atoms with Crippen LogP contribution in [0.25, 0.3) is 0 Å². The average molecular weight is 287 g/mol. The predicted octanol–water partition coefficient (Wildman–Crippen LogP) is 4.03. The fourth-order valence-corrected chi connectivity index (χ4v) is 1.63. The second-order valence-electron chi connectivity index (χ2n) is 3.73. The molecule has 1 aromatic carbocycles. The Kier molecular flexibility index (Phi) is 6.31. The lowest BCUT2D eigenvalue weighted by Crippen LogP contribution is -2.10. The van der Waals surface area contributed by atoms with E-state index in [2.05, 4.69) is 29.8 Å². The van der Waals surface area contributed by atoms with Crippen molar-refractivity contribution in [3.05, 3.63) is 24.3 Å². The van der Waals surface area contributed by atoms with Crippen LogP contribution in [0.2, 0.25) is 0 Å². The lowest BCUT2D eigenvalue weighted by molar-refractivity contribution is 0.209. The molecule has 0 aliphatic rings. The number of halogens is 1. The first-order chi connectivity index (χ1) is 7.76. The van der Waals surface area contributed by atoms with Gasteiger partial charge in [-0.25, -0.2) is 0 Å². The topological polar surface area (TPSA) is 18.5 Å². The fourth-order valence-electron chi connectivity index (χ4n) is 1.47. The molecule has 1 unspecified atom stereocenters. The van der Waals surface area contributed by atoms with E-state index in [0.29, 0.717) is 6.61 Å². The standard InChI is InChI=1S/C13H19BrO2/c1-3-4-11(2)16-13-7-5-12(6-8-13)15-10-9-14/h5-8,11H,3-4,9-10H2,1-2H3. The molecule has 0 saturated carbocycles. The summed E-state index contributed by atoms with van der Waals surface area (Å²) >= 11 is 3.32. The molecular weight excluding hydrogens is 268 g/mol.